The molecule has 1 atom stereocenters. The summed E-state index contributed by atoms with van der Waals surface area (Å²) in [7, 11) is 0. The summed E-state index contributed by atoms with van der Waals surface area (Å²) < 4.78 is 5.32. The highest BCUT2D eigenvalue weighted by Crippen LogP contribution is 2.28. The lowest BCUT2D eigenvalue weighted by Crippen LogP contribution is -2.52. The van der Waals surface area contributed by atoms with Crippen molar-refractivity contribution in [3.8, 4) is 0 Å². The highest BCUT2D eigenvalue weighted by atomic mass is 16.6. The molecule has 0 aliphatic heterocycles. The average Bonchev–Trinajstić information content (AvgIpc) is 2.66. The molecule has 0 saturated heterocycles. The molecule has 0 radical (unpaired) electrons. The van der Waals surface area contributed by atoms with Crippen molar-refractivity contribution in [1.29, 1.82) is 0 Å². The van der Waals surface area contributed by atoms with Crippen LogP contribution in [0.5, 0.6) is 0 Å². The second-order valence-electron chi connectivity index (χ2n) is 7.53. The third kappa shape index (κ3) is 6.95. The van der Waals surface area contributed by atoms with Crippen LogP contribution in [0.4, 0.5) is 4.79 Å². The smallest absolute Gasteiger partial charge is 0.408 e. The van der Waals surface area contributed by atoms with Gasteiger partial charge in [-0.2, -0.15) is 0 Å². The molecule has 2 amide bonds. The van der Waals surface area contributed by atoms with Gasteiger partial charge in [0.2, 0.25) is 5.91 Å². The Kier molecular flexibility index (Phi) is 7.36. The van der Waals surface area contributed by atoms with Crippen molar-refractivity contribution < 1.29 is 24.2 Å². The van der Waals surface area contributed by atoms with E-state index in [0.717, 1.165) is 11.1 Å². The summed E-state index contributed by atoms with van der Waals surface area (Å²) in [4.78, 5) is 36.3. The van der Waals surface area contributed by atoms with E-state index in [0.29, 0.717) is 0 Å². The summed E-state index contributed by atoms with van der Waals surface area (Å²) in [5.41, 5.74) is 0.844. The Balaban J connectivity index is 2.44. The topological polar surface area (TPSA) is 105 Å². The van der Waals surface area contributed by atoms with E-state index in [-0.39, 0.29) is 0 Å². The predicted octanol–water partition coefficient (Wildman–Crippen LogP) is 2.91. The van der Waals surface area contributed by atoms with Gasteiger partial charge < -0.3 is 20.5 Å². The Hall–Kier alpha value is -3.35. The first-order valence-electron chi connectivity index (χ1n) is 9.26. The molecule has 0 unspecified atom stereocenters. The van der Waals surface area contributed by atoms with Crippen LogP contribution in [0.3, 0.4) is 0 Å². The Labute approximate surface area is 170 Å². The van der Waals surface area contributed by atoms with Gasteiger partial charge in [0.1, 0.15) is 18.2 Å². The largest absolute Gasteiger partial charge is 0.480 e. The zero-order chi connectivity index (χ0) is 21.4. The number of carbonyl (C=O) groups is 3. The fourth-order valence-electron chi connectivity index (χ4n) is 2.91. The first kappa shape index (κ1) is 21.9. The van der Waals surface area contributed by atoms with Crippen molar-refractivity contribution in [1.82, 2.24) is 10.6 Å². The summed E-state index contributed by atoms with van der Waals surface area (Å²) >= 11 is 0. The van der Waals surface area contributed by atoms with Gasteiger partial charge >= 0.3 is 12.1 Å². The Morgan fingerprint density at radius 2 is 1.41 bits per heavy atom. The van der Waals surface area contributed by atoms with Crippen LogP contribution in [0.25, 0.3) is 0 Å². The monoisotopic (exact) mass is 398 g/mol. The van der Waals surface area contributed by atoms with Crippen LogP contribution in [0, 0.1) is 0 Å². The number of hydrogen-bond acceptors (Lipinski definition) is 4. The van der Waals surface area contributed by atoms with Crippen molar-refractivity contribution >= 4 is 18.0 Å². The first-order valence-corrected chi connectivity index (χ1v) is 9.26. The number of carboxylic acid groups (broad SMARTS) is 1. The maximum atomic E-state index is 12.9. The summed E-state index contributed by atoms with van der Waals surface area (Å²) in [6.07, 6.45) is -0.759. The molecule has 7 heteroatoms. The molecule has 0 fully saturated rings. The van der Waals surface area contributed by atoms with Gasteiger partial charge in [-0.15, -0.1) is 0 Å². The molecule has 3 N–H and O–H groups in total. The molecule has 2 aromatic carbocycles. The van der Waals surface area contributed by atoms with Gasteiger partial charge in [0.15, 0.2) is 0 Å². The second-order valence-corrected chi connectivity index (χ2v) is 7.53. The molecule has 0 aromatic heterocycles. The minimum atomic E-state index is -1.18. The third-order valence-corrected chi connectivity index (χ3v) is 4.02. The number of rotatable bonds is 7. The molecule has 0 bridgehead atoms. The minimum absolute atomic E-state index is 0.543. The lowest BCUT2D eigenvalue weighted by Gasteiger charge is -2.29. The van der Waals surface area contributed by atoms with Crippen LogP contribution in [-0.2, 0) is 14.3 Å². The van der Waals surface area contributed by atoms with Gasteiger partial charge in [-0.3, -0.25) is 9.59 Å². The van der Waals surface area contributed by atoms with Gasteiger partial charge in [-0.25, -0.2) is 4.79 Å². The van der Waals surface area contributed by atoms with E-state index >= 15 is 0 Å². The van der Waals surface area contributed by atoms with Gasteiger partial charge in [-0.05, 0) is 31.9 Å². The SMILES string of the molecule is CC(C)(C)OC(=O)N[C@@H](C(=O)NCC(=O)O)C(c1ccccc1)c1ccccc1. The summed E-state index contributed by atoms with van der Waals surface area (Å²) in [6, 6.07) is 17.4. The molecular weight excluding hydrogens is 372 g/mol. The van der Waals surface area contributed by atoms with Crippen LogP contribution >= 0.6 is 0 Å². The van der Waals surface area contributed by atoms with E-state index in [9.17, 15) is 14.4 Å². The minimum Gasteiger partial charge on any atom is -0.480 e. The number of ether oxygens (including phenoxy) is 1. The van der Waals surface area contributed by atoms with E-state index in [1.54, 1.807) is 20.8 Å². The zero-order valence-electron chi connectivity index (χ0n) is 16.7. The molecule has 29 heavy (non-hydrogen) atoms. The maximum absolute atomic E-state index is 12.9. The van der Waals surface area contributed by atoms with Gasteiger partial charge in [0, 0.05) is 5.92 Å². The van der Waals surface area contributed by atoms with Crippen LogP contribution in [0.15, 0.2) is 60.7 Å². The number of nitrogens with one attached hydrogen (secondary N) is 2. The number of alkyl carbamates (subject to hydrolysis) is 1. The van der Waals surface area contributed by atoms with Crippen molar-refractivity contribution in [3.05, 3.63) is 71.8 Å². The number of hydrogen-bond donors (Lipinski definition) is 3. The Morgan fingerprint density at radius 3 is 1.83 bits per heavy atom. The van der Waals surface area contributed by atoms with E-state index in [2.05, 4.69) is 10.6 Å². The summed E-state index contributed by atoms with van der Waals surface area (Å²) in [6.45, 7) is 4.61. The molecule has 0 aliphatic carbocycles. The van der Waals surface area contributed by atoms with Crippen molar-refractivity contribution in [2.75, 3.05) is 6.54 Å². The van der Waals surface area contributed by atoms with E-state index in [1.165, 1.54) is 0 Å². The van der Waals surface area contributed by atoms with Crippen molar-refractivity contribution in [3.63, 3.8) is 0 Å². The van der Waals surface area contributed by atoms with Crippen LogP contribution < -0.4 is 10.6 Å². The third-order valence-electron chi connectivity index (χ3n) is 4.02. The van der Waals surface area contributed by atoms with Crippen LogP contribution in [-0.4, -0.2) is 41.3 Å². The quantitative estimate of drug-likeness (QED) is 0.665. The molecule has 154 valence electrons. The van der Waals surface area contributed by atoms with Crippen LogP contribution in [0.1, 0.15) is 37.8 Å². The molecule has 2 rings (SSSR count). The lowest BCUT2D eigenvalue weighted by molar-refractivity contribution is -0.138. The van der Waals surface area contributed by atoms with E-state index < -0.39 is 42.1 Å². The number of benzene rings is 2. The fourth-order valence-corrected chi connectivity index (χ4v) is 2.91. The van der Waals surface area contributed by atoms with E-state index in [4.69, 9.17) is 9.84 Å². The Bertz CT molecular complexity index is 792. The lowest BCUT2D eigenvalue weighted by atomic mass is 9.84. The molecule has 0 saturated carbocycles. The number of aliphatic carboxylic acids is 1. The van der Waals surface area contributed by atoms with Crippen molar-refractivity contribution in [2.24, 2.45) is 0 Å². The number of amides is 2. The van der Waals surface area contributed by atoms with E-state index in [1.807, 2.05) is 60.7 Å². The Morgan fingerprint density at radius 1 is 0.931 bits per heavy atom. The van der Waals surface area contributed by atoms with Gasteiger partial charge in [0.05, 0.1) is 0 Å². The number of carbonyl (C=O) groups excluding carboxylic acids is 2. The highest BCUT2D eigenvalue weighted by Gasteiger charge is 2.33. The molecule has 0 aliphatic rings. The average molecular weight is 398 g/mol. The molecule has 0 heterocycles. The molecule has 0 spiro atoms. The maximum Gasteiger partial charge on any atom is 0.408 e. The molecule has 2 aromatic rings. The standard InChI is InChI=1S/C22H26N2O5/c1-22(2,3)29-21(28)24-19(20(27)23-14-17(25)26)18(15-10-6-4-7-11-15)16-12-8-5-9-13-16/h4-13,18-19H,14H2,1-3H3,(H,23,27)(H,24,28)(H,25,26)/t19-/m1/s1. The molecular formula is C22H26N2O5. The van der Waals surface area contributed by atoms with Gasteiger partial charge in [-0.1, -0.05) is 60.7 Å². The zero-order valence-corrected chi connectivity index (χ0v) is 16.7. The highest BCUT2D eigenvalue weighted by molar-refractivity contribution is 5.89. The normalized spacial score (nSPS) is 12.1. The second kappa shape index (κ2) is 9.73. The number of carboxylic acids is 1. The van der Waals surface area contributed by atoms with Gasteiger partial charge in [0.25, 0.3) is 0 Å². The predicted molar refractivity (Wildman–Crippen MR) is 109 cm³/mol. The molecule has 7 nitrogen and oxygen atoms in total. The fraction of sp³-hybridized carbons (Fsp3) is 0.318. The van der Waals surface area contributed by atoms with Crippen LogP contribution in [0.2, 0.25) is 0 Å². The summed E-state index contributed by atoms with van der Waals surface area (Å²) in [5.74, 6) is -2.33. The first-order chi connectivity index (χ1) is 13.7. The van der Waals surface area contributed by atoms with Crippen molar-refractivity contribution in [2.45, 2.75) is 38.3 Å². The summed E-state index contributed by atoms with van der Waals surface area (Å²) in [5, 5.41) is 13.9.